The molecular weight excluding hydrogens is 392 g/mol. The number of benzene rings is 2. The second kappa shape index (κ2) is 8.79. The van der Waals surface area contributed by atoms with Gasteiger partial charge in [-0.15, -0.1) is 0 Å². The molecule has 0 unspecified atom stereocenters. The Hall–Kier alpha value is -2.99. The molecule has 2 aromatic carbocycles. The van der Waals surface area contributed by atoms with Gasteiger partial charge in [0.2, 0.25) is 5.91 Å². The van der Waals surface area contributed by atoms with Crippen molar-refractivity contribution in [3.63, 3.8) is 0 Å². The molecule has 0 saturated heterocycles. The number of aromatic nitrogens is 3. The van der Waals surface area contributed by atoms with E-state index in [4.69, 9.17) is 4.98 Å². The molecule has 0 atom stereocenters. The molecule has 0 aliphatic carbocycles. The SMILES string of the molecule is Cc1ccc(CC(=O)N(CCCn2ccnc2)c2nc3c(C)cccc3s2)c(C)c1. The molecule has 4 aromatic rings. The van der Waals surface area contributed by atoms with Crippen molar-refractivity contribution in [3.8, 4) is 0 Å². The molecule has 0 aliphatic heterocycles. The van der Waals surface area contributed by atoms with Gasteiger partial charge >= 0.3 is 0 Å². The minimum absolute atomic E-state index is 0.0873. The maximum absolute atomic E-state index is 13.4. The lowest BCUT2D eigenvalue weighted by Crippen LogP contribution is -2.33. The maximum Gasteiger partial charge on any atom is 0.233 e. The number of carbonyl (C=O) groups excluding carboxylic acids is 1. The third-order valence-corrected chi connectivity index (χ3v) is 6.38. The van der Waals surface area contributed by atoms with Crippen molar-refractivity contribution in [2.24, 2.45) is 0 Å². The normalized spacial score (nSPS) is 11.2. The summed E-state index contributed by atoms with van der Waals surface area (Å²) < 4.78 is 3.15. The molecule has 1 amide bonds. The topological polar surface area (TPSA) is 51.0 Å². The van der Waals surface area contributed by atoms with Gasteiger partial charge in [0, 0.05) is 25.5 Å². The fraction of sp³-hybridized carbons (Fsp3) is 0.292. The van der Waals surface area contributed by atoms with E-state index in [0.29, 0.717) is 13.0 Å². The van der Waals surface area contributed by atoms with Crippen LogP contribution in [0, 0.1) is 20.8 Å². The van der Waals surface area contributed by atoms with Crippen molar-refractivity contribution >= 4 is 32.6 Å². The lowest BCUT2D eigenvalue weighted by molar-refractivity contribution is -0.118. The summed E-state index contributed by atoms with van der Waals surface area (Å²) in [4.78, 5) is 24.2. The van der Waals surface area contributed by atoms with Crippen LogP contribution < -0.4 is 4.90 Å². The number of para-hydroxylation sites is 1. The third-order valence-electron chi connectivity index (χ3n) is 5.34. The van der Waals surface area contributed by atoms with E-state index in [1.165, 1.54) is 5.56 Å². The molecule has 5 nitrogen and oxygen atoms in total. The van der Waals surface area contributed by atoms with Gasteiger partial charge in [0.05, 0.1) is 23.0 Å². The van der Waals surface area contributed by atoms with E-state index in [-0.39, 0.29) is 5.91 Å². The van der Waals surface area contributed by atoms with Crippen LogP contribution in [0.15, 0.2) is 55.1 Å². The minimum Gasteiger partial charge on any atom is -0.337 e. The van der Waals surface area contributed by atoms with E-state index in [0.717, 1.165) is 45.0 Å². The van der Waals surface area contributed by atoms with Gasteiger partial charge in [-0.2, -0.15) is 0 Å². The average Bonchev–Trinajstić information content (AvgIpc) is 3.37. The zero-order valence-corrected chi connectivity index (χ0v) is 18.4. The lowest BCUT2D eigenvalue weighted by atomic mass is 10.0. The van der Waals surface area contributed by atoms with Crippen LogP contribution in [0.4, 0.5) is 5.13 Å². The summed E-state index contributed by atoms with van der Waals surface area (Å²) in [6, 6.07) is 12.4. The second-order valence-corrected chi connectivity index (χ2v) is 8.73. The molecule has 2 heterocycles. The van der Waals surface area contributed by atoms with Crippen LogP contribution in [-0.4, -0.2) is 27.0 Å². The van der Waals surface area contributed by atoms with Gasteiger partial charge in [-0.05, 0) is 49.9 Å². The van der Waals surface area contributed by atoms with Crippen molar-refractivity contribution < 1.29 is 4.79 Å². The number of nitrogens with zero attached hydrogens (tertiary/aromatic N) is 4. The smallest absolute Gasteiger partial charge is 0.233 e. The van der Waals surface area contributed by atoms with Crippen molar-refractivity contribution in [1.82, 2.24) is 14.5 Å². The molecule has 154 valence electrons. The van der Waals surface area contributed by atoms with Crippen LogP contribution in [0.1, 0.15) is 28.7 Å². The van der Waals surface area contributed by atoms with Crippen molar-refractivity contribution in [3.05, 3.63) is 77.4 Å². The zero-order valence-electron chi connectivity index (χ0n) is 17.6. The summed E-state index contributed by atoms with van der Waals surface area (Å²) in [6.45, 7) is 7.65. The molecule has 0 N–H and O–H groups in total. The monoisotopic (exact) mass is 418 g/mol. The van der Waals surface area contributed by atoms with Crippen LogP contribution in [0.3, 0.4) is 0 Å². The van der Waals surface area contributed by atoms with Gasteiger partial charge in [-0.3, -0.25) is 9.69 Å². The Bertz CT molecular complexity index is 1160. The highest BCUT2D eigenvalue weighted by Crippen LogP contribution is 2.31. The predicted octanol–water partition coefficient (Wildman–Crippen LogP) is 5.08. The molecular formula is C24H26N4OS. The van der Waals surface area contributed by atoms with E-state index in [1.54, 1.807) is 17.5 Å². The van der Waals surface area contributed by atoms with Crippen molar-refractivity contribution in [2.75, 3.05) is 11.4 Å². The van der Waals surface area contributed by atoms with E-state index >= 15 is 0 Å². The number of rotatable bonds is 7. The fourth-order valence-electron chi connectivity index (χ4n) is 3.65. The quantitative estimate of drug-likeness (QED) is 0.420. The number of carbonyl (C=O) groups is 1. The zero-order chi connectivity index (χ0) is 21.1. The molecule has 2 aromatic heterocycles. The molecule has 6 heteroatoms. The Morgan fingerprint density at radius 1 is 1.13 bits per heavy atom. The van der Waals surface area contributed by atoms with Crippen LogP contribution >= 0.6 is 11.3 Å². The lowest BCUT2D eigenvalue weighted by Gasteiger charge is -2.20. The third kappa shape index (κ3) is 4.44. The van der Waals surface area contributed by atoms with E-state index in [2.05, 4.69) is 56.1 Å². The van der Waals surface area contributed by atoms with Gasteiger partial charge in [0.1, 0.15) is 0 Å². The number of imidazole rings is 1. The first-order valence-corrected chi connectivity index (χ1v) is 11.0. The number of thiazole rings is 1. The highest BCUT2D eigenvalue weighted by molar-refractivity contribution is 7.22. The fourth-order valence-corrected chi connectivity index (χ4v) is 4.74. The molecule has 0 saturated carbocycles. The number of anilines is 1. The average molecular weight is 419 g/mol. The molecule has 0 radical (unpaired) electrons. The Morgan fingerprint density at radius 3 is 2.73 bits per heavy atom. The molecule has 0 aliphatic rings. The number of hydrogen-bond donors (Lipinski definition) is 0. The highest BCUT2D eigenvalue weighted by atomic mass is 32.1. The Labute approximate surface area is 181 Å². The molecule has 0 bridgehead atoms. The van der Waals surface area contributed by atoms with Gasteiger partial charge in [0.15, 0.2) is 5.13 Å². The van der Waals surface area contributed by atoms with E-state index < -0.39 is 0 Å². The number of amides is 1. The standard InChI is InChI=1S/C24H26N4OS/c1-17-8-9-20(19(3)14-17)15-22(29)28(12-5-11-27-13-10-25-16-27)24-26-23-18(2)6-4-7-21(23)30-24/h4,6-10,13-14,16H,5,11-12,15H2,1-3H3. The molecule has 30 heavy (non-hydrogen) atoms. The molecule has 0 spiro atoms. The number of hydrogen-bond acceptors (Lipinski definition) is 4. The van der Waals surface area contributed by atoms with Crippen LogP contribution in [-0.2, 0) is 17.8 Å². The van der Waals surface area contributed by atoms with Crippen molar-refractivity contribution in [2.45, 2.75) is 40.2 Å². The Balaban J connectivity index is 1.59. The van der Waals surface area contributed by atoms with Gasteiger partial charge in [0.25, 0.3) is 0 Å². The number of fused-ring (bicyclic) bond motifs is 1. The van der Waals surface area contributed by atoms with Crippen molar-refractivity contribution in [1.29, 1.82) is 0 Å². The van der Waals surface area contributed by atoms with Crippen LogP contribution in [0.5, 0.6) is 0 Å². The first kappa shape index (κ1) is 20.3. The molecule has 0 fully saturated rings. The largest absolute Gasteiger partial charge is 0.337 e. The summed E-state index contributed by atoms with van der Waals surface area (Å²) >= 11 is 1.59. The van der Waals surface area contributed by atoms with E-state index in [1.807, 2.05) is 28.1 Å². The summed E-state index contributed by atoms with van der Waals surface area (Å²) in [5.74, 6) is 0.0873. The summed E-state index contributed by atoms with van der Waals surface area (Å²) in [5.41, 5.74) is 5.55. The van der Waals surface area contributed by atoms with E-state index in [9.17, 15) is 4.79 Å². The second-order valence-electron chi connectivity index (χ2n) is 7.72. The van der Waals surface area contributed by atoms with Gasteiger partial charge in [-0.25, -0.2) is 9.97 Å². The van der Waals surface area contributed by atoms with Crippen LogP contribution in [0.25, 0.3) is 10.2 Å². The Morgan fingerprint density at radius 2 is 2.00 bits per heavy atom. The summed E-state index contributed by atoms with van der Waals surface area (Å²) in [6.07, 6.45) is 6.75. The Kier molecular flexibility index (Phi) is 5.95. The number of aryl methyl sites for hydroxylation is 4. The summed E-state index contributed by atoms with van der Waals surface area (Å²) in [7, 11) is 0. The first-order chi connectivity index (χ1) is 14.5. The maximum atomic E-state index is 13.4. The minimum atomic E-state index is 0.0873. The summed E-state index contributed by atoms with van der Waals surface area (Å²) in [5, 5.41) is 0.777. The van der Waals surface area contributed by atoms with Gasteiger partial charge < -0.3 is 4.57 Å². The predicted molar refractivity (Wildman–Crippen MR) is 123 cm³/mol. The molecule has 4 rings (SSSR count). The first-order valence-electron chi connectivity index (χ1n) is 10.2. The van der Waals surface area contributed by atoms with Crippen LogP contribution in [0.2, 0.25) is 0 Å². The highest BCUT2D eigenvalue weighted by Gasteiger charge is 2.21. The van der Waals surface area contributed by atoms with Gasteiger partial charge in [-0.1, -0.05) is 47.2 Å².